The van der Waals surface area contributed by atoms with E-state index in [1.54, 1.807) is 31.5 Å². The first-order valence-electron chi connectivity index (χ1n) is 4.79. The predicted molar refractivity (Wildman–Crippen MR) is 65.2 cm³/mol. The van der Waals surface area contributed by atoms with E-state index in [1.807, 2.05) is 0 Å². The highest BCUT2D eigenvalue weighted by atomic mass is 79.9. The number of amides is 1. The van der Waals surface area contributed by atoms with Gasteiger partial charge in [0.25, 0.3) is 5.91 Å². The fourth-order valence-corrected chi connectivity index (χ4v) is 1.37. The van der Waals surface area contributed by atoms with Crippen LogP contribution in [0.4, 0.5) is 0 Å². The standard InChI is InChI=1S/C11H13BrN2O2/c1-3-4-14-11(15)8(2)16-10-5-9(12)6-13-7-10/h3,5-8H,1,4H2,2H3,(H,14,15). The van der Waals surface area contributed by atoms with Gasteiger partial charge in [0, 0.05) is 17.2 Å². The number of hydrogen-bond acceptors (Lipinski definition) is 3. The Morgan fingerprint density at radius 1 is 1.75 bits per heavy atom. The number of carbonyl (C=O) groups is 1. The minimum Gasteiger partial charge on any atom is -0.479 e. The molecule has 1 rings (SSSR count). The first-order valence-corrected chi connectivity index (χ1v) is 5.58. The molecule has 1 heterocycles. The van der Waals surface area contributed by atoms with Crippen molar-refractivity contribution in [1.82, 2.24) is 10.3 Å². The average molecular weight is 285 g/mol. The van der Waals surface area contributed by atoms with E-state index in [4.69, 9.17) is 4.74 Å². The number of nitrogens with zero attached hydrogens (tertiary/aromatic N) is 1. The topological polar surface area (TPSA) is 51.2 Å². The average Bonchev–Trinajstić information content (AvgIpc) is 2.25. The maximum Gasteiger partial charge on any atom is 0.261 e. The Bertz CT molecular complexity index is 382. The molecule has 0 saturated carbocycles. The number of carbonyl (C=O) groups excluding carboxylic acids is 1. The highest BCUT2D eigenvalue weighted by molar-refractivity contribution is 9.10. The molecule has 5 heteroatoms. The minimum atomic E-state index is -0.559. The highest BCUT2D eigenvalue weighted by Crippen LogP contribution is 2.16. The van der Waals surface area contributed by atoms with Crippen molar-refractivity contribution in [1.29, 1.82) is 0 Å². The molecule has 0 aliphatic carbocycles. The van der Waals surface area contributed by atoms with Gasteiger partial charge < -0.3 is 10.1 Å². The zero-order chi connectivity index (χ0) is 12.0. The number of pyridine rings is 1. The Balaban J connectivity index is 2.53. The molecular formula is C11H13BrN2O2. The molecule has 1 unspecified atom stereocenters. The minimum absolute atomic E-state index is 0.181. The van der Waals surface area contributed by atoms with Gasteiger partial charge in [-0.2, -0.15) is 0 Å². The van der Waals surface area contributed by atoms with Crippen LogP contribution in [0.5, 0.6) is 5.75 Å². The van der Waals surface area contributed by atoms with Crippen molar-refractivity contribution in [3.8, 4) is 5.75 Å². The van der Waals surface area contributed by atoms with E-state index in [0.29, 0.717) is 12.3 Å². The van der Waals surface area contributed by atoms with Crippen LogP contribution in [0.3, 0.4) is 0 Å². The Kier molecular flexibility index (Phi) is 4.98. The van der Waals surface area contributed by atoms with Crippen molar-refractivity contribution in [2.24, 2.45) is 0 Å². The monoisotopic (exact) mass is 284 g/mol. The summed E-state index contributed by atoms with van der Waals surface area (Å²) in [5.41, 5.74) is 0. The third-order valence-corrected chi connectivity index (χ3v) is 2.22. The molecule has 0 aliphatic rings. The first-order chi connectivity index (χ1) is 7.63. The SMILES string of the molecule is C=CCNC(=O)C(C)Oc1cncc(Br)c1. The summed E-state index contributed by atoms with van der Waals surface area (Å²) in [6.07, 6.45) is 4.26. The fourth-order valence-electron chi connectivity index (χ4n) is 1.03. The van der Waals surface area contributed by atoms with Crippen molar-refractivity contribution in [3.05, 3.63) is 35.6 Å². The smallest absolute Gasteiger partial charge is 0.261 e. The summed E-state index contributed by atoms with van der Waals surface area (Å²) >= 11 is 3.27. The van der Waals surface area contributed by atoms with Crippen molar-refractivity contribution in [3.63, 3.8) is 0 Å². The number of aromatic nitrogens is 1. The number of rotatable bonds is 5. The fraction of sp³-hybridized carbons (Fsp3) is 0.273. The van der Waals surface area contributed by atoms with Gasteiger partial charge in [-0.3, -0.25) is 9.78 Å². The van der Waals surface area contributed by atoms with E-state index in [2.05, 4.69) is 32.8 Å². The summed E-state index contributed by atoms with van der Waals surface area (Å²) in [6, 6.07) is 1.75. The van der Waals surface area contributed by atoms with Crippen LogP contribution in [0, 0.1) is 0 Å². The third kappa shape index (κ3) is 4.02. The van der Waals surface area contributed by atoms with Crippen molar-refractivity contribution < 1.29 is 9.53 Å². The van der Waals surface area contributed by atoms with Crippen molar-refractivity contribution >= 4 is 21.8 Å². The molecule has 0 fully saturated rings. The van der Waals surface area contributed by atoms with Gasteiger partial charge in [0.2, 0.25) is 0 Å². The summed E-state index contributed by atoms with van der Waals surface area (Å²) in [5.74, 6) is 0.371. The zero-order valence-electron chi connectivity index (χ0n) is 8.94. The molecule has 0 aliphatic heterocycles. The molecule has 0 bridgehead atoms. The molecule has 0 aromatic carbocycles. The first kappa shape index (κ1) is 12.7. The van der Waals surface area contributed by atoms with Gasteiger partial charge in [-0.15, -0.1) is 6.58 Å². The molecule has 1 atom stereocenters. The number of ether oxygens (including phenoxy) is 1. The largest absolute Gasteiger partial charge is 0.479 e. The summed E-state index contributed by atoms with van der Waals surface area (Å²) in [7, 11) is 0. The van der Waals surface area contributed by atoms with Gasteiger partial charge in [0.1, 0.15) is 5.75 Å². The molecule has 86 valence electrons. The van der Waals surface area contributed by atoms with E-state index in [1.165, 1.54) is 0 Å². The van der Waals surface area contributed by atoms with E-state index >= 15 is 0 Å². The molecule has 0 spiro atoms. The Morgan fingerprint density at radius 2 is 2.50 bits per heavy atom. The number of nitrogens with one attached hydrogen (secondary N) is 1. The molecule has 1 aromatic rings. The maximum absolute atomic E-state index is 11.5. The lowest BCUT2D eigenvalue weighted by molar-refractivity contribution is -0.127. The van der Waals surface area contributed by atoms with Gasteiger partial charge in [0.05, 0.1) is 6.20 Å². The second kappa shape index (κ2) is 6.27. The van der Waals surface area contributed by atoms with Gasteiger partial charge >= 0.3 is 0 Å². The van der Waals surface area contributed by atoms with E-state index in [-0.39, 0.29) is 5.91 Å². The molecule has 0 radical (unpaired) electrons. The maximum atomic E-state index is 11.5. The molecule has 1 aromatic heterocycles. The van der Waals surface area contributed by atoms with E-state index in [0.717, 1.165) is 4.47 Å². The van der Waals surface area contributed by atoms with E-state index < -0.39 is 6.10 Å². The second-order valence-corrected chi connectivity index (χ2v) is 4.05. The molecule has 4 nitrogen and oxygen atoms in total. The van der Waals surface area contributed by atoms with Crippen LogP contribution < -0.4 is 10.1 Å². The Labute approximate surface area is 103 Å². The third-order valence-electron chi connectivity index (χ3n) is 1.78. The Morgan fingerprint density at radius 3 is 3.12 bits per heavy atom. The van der Waals surface area contributed by atoms with Crippen molar-refractivity contribution in [2.45, 2.75) is 13.0 Å². The lowest BCUT2D eigenvalue weighted by Crippen LogP contribution is -2.36. The lowest BCUT2D eigenvalue weighted by Gasteiger charge is -2.13. The van der Waals surface area contributed by atoms with Gasteiger partial charge in [0.15, 0.2) is 6.10 Å². The molecule has 1 amide bonds. The summed E-state index contributed by atoms with van der Waals surface area (Å²) < 4.78 is 6.22. The van der Waals surface area contributed by atoms with Gasteiger partial charge in [-0.1, -0.05) is 6.08 Å². The number of halogens is 1. The van der Waals surface area contributed by atoms with Crippen LogP contribution in [-0.4, -0.2) is 23.5 Å². The zero-order valence-corrected chi connectivity index (χ0v) is 10.5. The summed E-state index contributed by atoms with van der Waals surface area (Å²) in [6.45, 7) is 5.63. The quantitative estimate of drug-likeness (QED) is 0.841. The van der Waals surface area contributed by atoms with E-state index in [9.17, 15) is 4.79 Å². The van der Waals surface area contributed by atoms with Crippen LogP contribution in [-0.2, 0) is 4.79 Å². The molecule has 0 saturated heterocycles. The molecule has 16 heavy (non-hydrogen) atoms. The van der Waals surface area contributed by atoms with Crippen LogP contribution in [0.2, 0.25) is 0 Å². The van der Waals surface area contributed by atoms with Crippen LogP contribution in [0.15, 0.2) is 35.6 Å². The second-order valence-electron chi connectivity index (χ2n) is 3.13. The lowest BCUT2D eigenvalue weighted by atomic mass is 10.3. The summed E-state index contributed by atoms with van der Waals surface area (Å²) in [4.78, 5) is 15.4. The predicted octanol–water partition coefficient (Wildman–Crippen LogP) is 1.91. The van der Waals surface area contributed by atoms with Crippen LogP contribution in [0.25, 0.3) is 0 Å². The molecular weight excluding hydrogens is 272 g/mol. The van der Waals surface area contributed by atoms with Gasteiger partial charge in [-0.25, -0.2) is 0 Å². The normalized spacial score (nSPS) is 11.6. The van der Waals surface area contributed by atoms with Crippen LogP contribution in [0.1, 0.15) is 6.92 Å². The highest BCUT2D eigenvalue weighted by Gasteiger charge is 2.13. The van der Waals surface area contributed by atoms with Crippen molar-refractivity contribution in [2.75, 3.05) is 6.54 Å². The number of hydrogen-bond donors (Lipinski definition) is 1. The summed E-state index contributed by atoms with van der Waals surface area (Å²) in [5, 5.41) is 2.65. The van der Waals surface area contributed by atoms with Crippen LogP contribution >= 0.6 is 15.9 Å². The Hall–Kier alpha value is -1.36. The molecule has 1 N–H and O–H groups in total. The van der Waals surface area contributed by atoms with Gasteiger partial charge in [-0.05, 0) is 28.9 Å².